The Bertz CT molecular complexity index is 1080. The Hall–Kier alpha value is -1.97. The highest BCUT2D eigenvalue weighted by molar-refractivity contribution is 7.73. The lowest BCUT2D eigenvalue weighted by atomic mass is 10.2. The number of aliphatic hydroxyl groups is 1. The van der Waals surface area contributed by atoms with Gasteiger partial charge < -0.3 is 19.6 Å². The molecular weight excluding hydrogens is 455 g/mol. The van der Waals surface area contributed by atoms with Gasteiger partial charge in [0.2, 0.25) is 6.29 Å². The van der Waals surface area contributed by atoms with Gasteiger partial charge in [0.15, 0.2) is 11.6 Å². The van der Waals surface area contributed by atoms with Crippen molar-refractivity contribution in [2.45, 2.75) is 30.6 Å². The first-order valence-corrected chi connectivity index (χ1v) is 12.3. The number of halogens is 1. The molecule has 2 atom stereocenters. The van der Waals surface area contributed by atoms with E-state index < -0.39 is 44.8 Å². The summed E-state index contributed by atoms with van der Waals surface area (Å²) in [6, 6.07) is 5.89. The average Bonchev–Trinajstić information content (AvgIpc) is 3.53. The third kappa shape index (κ3) is 4.23. The molecule has 0 spiro atoms. The van der Waals surface area contributed by atoms with Crippen LogP contribution in [-0.2, 0) is 29.4 Å². The van der Waals surface area contributed by atoms with E-state index in [1.165, 1.54) is 24.5 Å². The molecule has 2 heterocycles. The van der Waals surface area contributed by atoms with Gasteiger partial charge in [-0.15, -0.1) is 0 Å². The third-order valence-corrected chi connectivity index (χ3v) is 9.49. The van der Waals surface area contributed by atoms with E-state index in [1.807, 2.05) is 0 Å². The number of esters is 1. The maximum absolute atomic E-state index is 14.4. The minimum absolute atomic E-state index is 0.187. The minimum atomic E-state index is -5.19. The summed E-state index contributed by atoms with van der Waals surface area (Å²) in [5, 5.41) is 7.51. The molecule has 1 saturated heterocycles. The fourth-order valence-corrected chi connectivity index (χ4v) is 6.54. The van der Waals surface area contributed by atoms with Crippen LogP contribution in [0.1, 0.15) is 30.3 Å². The molecule has 0 amide bonds. The number of carbonyl (C=O) groups is 1. The average molecular weight is 473 g/mol. The summed E-state index contributed by atoms with van der Waals surface area (Å²) in [5.74, 6) is -2.21. The highest BCUT2D eigenvalue weighted by Crippen LogP contribution is 2.79. The SMILES string of the molecule is O=C(Oc1ccc(C2OP(=O)(O)C(O)(Cc3cccnc3)P(=O)(O)O2)cc1F)C1CC1. The number of ether oxygens (including phenoxy) is 1. The molecule has 1 aliphatic carbocycles. The van der Waals surface area contributed by atoms with Crippen molar-refractivity contribution in [2.75, 3.05) is 0 Å². The van der Waals surface area contributed by atoms with Gasteiger partial charge in [0.05, 0.1) is 5.92 Å². The topological polar surface area (TPSA) is 152 Å². The molecule has 13 heteroatoms. The summed E-state index contributed by atoms with van der Waals surface area (Å²) in [7, 11) is -10.4. The number of benzene rings is 1. The lowest BCUT2D eigenvalue weighted by Crippen LogP contribution is -2.37. The van der Waals surface area contributed by atoms with Gasteiger partial charge >= 0.3 is 21.2 Å². The molecule has 1 aromatic heterocycles. The van der Waals surface area contributed by atoms with Crippen molar-refractivity contribution < 1.29 is 47.0 Å². The van der Waals surface area contributed by atoms with Gasteiger partial charge in [-0.1, -0.05) is 12.1 Å². The number of aromatic nitrogens is 1. The normalized spacial score (nSPS) is 33.1. The van der Waals surface area contributed by atoms with Gasteiger partial charge in [0.25, 0.3) is 5.08 Å². The molecule has 10 nitrogen and oxygen atoms in total. The molecule has 2 aromatic rings. The summed E-state index contributed by atoms with van der Waals surface area (Å²) in [5.41, 5.74) is -0.0391. The zero-order valence-electron chi connectivity index (χ0n) is 15.8. The highest BCUT2D eigenvalue weighted by atomic mass is 31.2. The Balaban J connectivity index is 1.58. The van der Waals surface area contributed by atoms with Gasteiger partial charge in [-0.2, -0.15) is 0 Å². The summed E-state index contributed by atoms with van der Waals surface area (Å²) in [4.78, 5) is 36.1. The van der Waals surface area contributed by atoms with Crippen LogP contribution in [0.5, 0.6) is 5.75 Å². The fraction of sp³-hybridized carbons (Fsp3) is 0.333. The van der Waals surface area contributed by atoms with E-state index in [9.17, 15) is 33.2 Å². The molecule has 0 radical (unpaired) electrons. The maximum Gasteiger partial charge on any atom is 0.374 e. The van der Waals surface area contributed by atoms with Crippen LogP contribution in [0.2, 0.25) is 0 Å². The zero-order chi connectivity index (χ0) is 22.4. The van der Waals surface area contributed by atoms with E-state index in [2.05, 4.69) is 4.98 Å². The zero-order valence-corrected chi connectivity index (χ0v) is 17.6. The summed E-state index contributed by atoms with van der Waals surface area (Å²) in [6.45, 7) is 0. The number of nitrogens with zero attached hydrogens (tertiary/aromatic N) is 1. The van der Waals surface area contributed by atoms with Crippen LogP contribution in [0.25, 0.3) is 0 Å². The molecule has 1 aromatic carbocycles. The molecule has 2 unspecified atom stereocenters. The number of carbonyl (C=O) groups excluding carboxylic acids is 1. The minimum Gasteiger partial charge on any atom is -0.423 e. The monoisotopic (exact) mass is 473 g/mol. The molecule has 1 aliphatic heterocycles. The molecule has 2 aliphatic rings. The van der Waals surface area contributed by atoms with Crippen molar-refractivity contribution in [3.63, 3.8) is 0 Å². The molecule has 0 bridgehead atoms. The molecule has 2 fully saturated rings. The van der Waals surface area contributed by atoms with Gasteiger partial charge in [-0.3, -0.25) is 28.0 Å². The molecular formula is C18H18FNO9P2. The standard InChI is InChI=1S/C18H18FNO9P2/c19-14-8-13(5-6-15(14)27-16(21)12-3-4-12)17-28-30(23,24)18(22,31(25,26)29-17)9-11-2-1-7-20-10-11/h1-2,5-8,10,12,17,22H,3-4,9H2,(H,23,24)(H,25,26). The van der Waals surface area contributed by atoms with Crippen LogP contribution in [0.4, 0.5) is 4.39 Å². The van der Waals surface area contributed by atoms with Crippen molar-refractivity contribution in [3.05, 3.63) is 59.7 Å². The van der Waals surface area contributed by atoms with Gasteiger partial charge in [-0.05, 0) is 36.6 Å². The first-order valence-electron chi connectivity index (χ1n) is 9.17. The predicted molar refractivity (Wildman–Crippen MR) is 102 cm³/mol. The van der Waals surface area contributed by atoms with Crippen molar-refractivity contribution in [1.82, 2.24) is 4.98 Å². The Kier molecular flexibility index (Phi) is 5.64. The quantitative estimate of drug-likeness (QED) is 0.336. The second-order valence-electron chi connectivity index (χ2n) is 7.28. The molecule has 166 valence electrons. The molecule has 31 heavy (non-hydrogen) atoms. The van der Waals surface area contributed by atoms with Crippen LogP contribution in [0.3, 0.4) is 0 Å². The second kappa shape index (κ2) is 7.86. The van der Waals surface area contributed by atoms with Gasteiger partial charge in [-0.25, -0.2) is 4.39 Å². The lowest BCUT2D eigenvalue weighted by molar-refractivity contribution is -0.136. The largest absolute Gasteiger partial charge is 0.423 e. The second-order valence-corrected chi connectivity index (χ2v) is 11.6. The Morgan fingerprint density at radius 3 is 2.45 bits per heavy atom. The fourth-order valence-electron chi connectivity index (χ4n) is 2.96. The highest BCUT2D eigenvalue weighted by Gasteiger charge is 2.67. The van der Waals surface area contributed by atoms with Crippen LogP contribution >= 0.6 is 15.2 Å². The predicted octanol–water partition coefficient (Wildman–Crippen LogP) is 2.84. The van der Waals surface area contributed by atoms with E-state index in [0.29, 0.717) is 12.8 Å². The van der Waals surface area contributed by atoms with Crippen LogP contribution < -0.4 is 4.74 Å². The van der Waals surface area contributed by atoms with E-state index in [0.717, 1.165) is 18.2 Å². The summed E-state index contributed by atoms with van der Waals surface area (Å²) < 4.78 is 54.7. The van der Waals surface area contributed by atoms with E-state index in [4.69, 9.17) is 13.8 Å². The van der Waals surface area contributed by atoms with Crippen LogP contribution in [-0.4, -0.2) is 30.9 Å². The first-order chi connectivity index (χ1) is 14.5. The van der Waals surface area contributed by atoms with E-state index in [-0.39, 0.29) is 22.8 Å². The van der Waals surface area contributed by atoms with Crippen molar-refractivity contribution in [3.8, 4) is 5.75 Å². The Morgan fingerprint density at radius 2 is 1.90 bits per heavy atom. The van der Waals surface area contributed by atoms with Crippen LogP contribution in [0, 0.1) is 11.7 Å². The number of hydrogen-bond acceptors (Lipinski definition) is 8. The van der Waals surface area contributed by atoms with E-state index in [1.54, 1.807) is 0 Å². The summed E-state index contributed by atoms with van der Waals surface area (Å²) in [6.07, 6.45) is 1.31. The third-order valence-electron chi connectivity index (χ3n) is 4.90. The molecule has 4 rings (SSSR count). The maximum atomic E-state index is 14.4. The number of rotatable bonds is 5. The molecule has 1 saturated carbocycles. The smallest absolute Gasteiger partial charge is 0.374 e. The van der Waals surface area contributed by atoms with Crippen molar-refractivity contribution in [1.29, 1.82) is 0 Å². The van der Waals surface area contributed by atoms with E-state index >= 15 is 0 Å². The number of hydrogen-bond donors (Lipinski definition) is 3. The van der Waals surface area contributed by atoms with Crippen molar-refractivity contribution in [2.24, 2.45) is 5.92 Å². The Labute approximate surface area is 175 Å². The van der Waals surface area contributed by atoms with Crippen LogP contribution in [0.15, 0.2) is 42.7 Å². The van der Waals surface area contributed by atoms with Gasteiger partial charge in [0, 0.05) is 24.4 Å². The number of pyridine rings is 1. The molecule has 3 N–H and O–H groups in total. The lowest BCUT2D eigenvalue weighted by Gasteiger charge is -2.41. The first kappa shape index (κ1) is 22.2. The Morgan fingerprint density at radius 1 is 1.23 bits per heavy atom. The summed E-state index contributed by atoms with van der Waals surface area (Å²) >= 11 is 0. The van der Waals surface area contributed by atoms with Crippen molar-refractivity contribution >= 4 is 21.2 Å². The van der Waals surface area contributed by atoms with Gasteiger partial charge in [0.1, 0.15) is 0 Å².